The maximum Gasteiger partial charge on any atom is 0.0988 e. The molecule has 1 aromatic carbocycles. The Labute approximate surface area is 113 Å². The summed E-state index contributed by atoms with van der Waals surface area (Å²) in [4.78, 5) is 0. The monoisotopic (exact) mass is 251 g/mol. The Bertz CT molecular complexity index is 565. The van der Waals surface area contributed by atoms with Gasteiger partial charge in [0.05, 0.1) is 17.8 Å². The average molecular weight is 251 g/mol. The van der Waals surface area contributed by atoms with Crippen LogP contribution in [0.15, 0.2) is 52.8 Å². The molecule has 0 spiro atoms. The quantitative estimate of drug-likeness (QED) is 0.702. The summed E-state index contributed by atoms with van der Waals surface area (Å²) in [5.74, 6) is 3.18. The number of para-hydroxylation sites is 1. The van der Waals surface area contributed by atoms with Crippen molar-refractivity contribution >= 4 is 5.69 Å². The molecule has 3 nitrogen and oxygen atoms in total. The second-order valence-electron chi connectivity index (χ2n) is 6.33. The van der Waals surface area contributed by atoms with Crippen molar-refractivity contribution in [3.63, 3.8) is 0 Å². The molecule has 1 aliphatic heterocycles. The van der Waals surface area contributed by atoms with Gasteiger partial charge in [-0.3, -0.25) is 0 Å². The van der Waals surface area contributed by atoms with E-state index >= 15 is 0 Å². The van der Waals surface area contributed by atoms with Crippen molar-refractivity contribution in [1.29, 1.82) is 0 Å². The second-order valence-corrected chi connectivity index (χ2v) is 6.33. The van der Waals surface area contributed by atoms with Gasteiger partial charge in [-0.15, -0.1) is 0 Å². The molecule has 0 amide bonds. The van der Waals surface area contributed by atoms with Crippen LogP contribution in [0.3, 0.4) is 0 Å². The standard InChI is InChI=1S/C16H17N3/c1-2-5-10(6-3-1)19-16-14-9-13(15(16)17-18-19)11-7-4-8-12(11)14/h1-6,8,11-16H,7,9H2/t11-,12-,13+,14+,15-,16+/m0/s1. The minimum atomic E-state index is 0.450. The first kappa shape index (κ1) is 10.2. The van der Waals surface area contributed by atoms with Crippen molar-refractivity contribution in [1.82, 2.24) is 0 Å². The van der Waals surface area contributed by atoms with Crippen molar-refractivity contribution in [2.24, 2.45) is 34.0 Å². The lowest BCUT2D eigenvalue weighted by atomic mass is 9.76. The third-order valence-electron chi connectivity index (χ3n) is 5.66. The van der Waals surface area contributed by atoms with E-state index in [1.54, 1.807) is 0 Å². The Kier molecular flexibility index (Phi) is 1.86. The molecular weight excluding hydrogens is 234 g/mol. The lowest BCUT2D eigenvalue weighted by Gasteiger charge is -2.35. The third kappa shape index (κ3) is 1.18. The lowest BCUT2D eigenvalue weighted by molar-refractivity contribution is 0.238. The van der Waals surface area contributed by atoms with Crippen LogP contribution in [-0.4, -0.2) is 12.1 Å². The van der Waals surface area contributed by atoms with Crippen molar-refractivity contribution < 1.29 is 0 Å². The van der Waals surface area contributed by atoms with E-state index in [-0.39, 0.29) is 0 Å². The number of anilines is 1. The number of nitrogens with zero attached hydrogens (tertiary/aromatic N) is 3. The van der Waals surface area contributed by atoms with Crippen molar-refractivity contribution in [3.8, 4) is 0 Å². The van der Waals surface area contributed by atoms with Gasteiger partial charge >= 0.3 is 0 Å². The minimum absolute atomic E-state index is 0.450. The summed E-state index contributed by atoms with van der Waals surface area (Å²) < 4.78 is 0. The van der Waals surface area contributed by atoms with Crippen molar-refractivity contribution in [2.75, 3.05) is 5.01 Å². The minimum Gasteiger partial charge on any atom is -0.242 e. The summed E-state index contributed by atoms with van der Waals surface area (Å²) in [6.07, 6.45) is 7.49. The van der Waals surface area contributed by atoms with Gasteiger partial charge in [-0.05, 0) is 48.6 Å². The summed E-state index contributed by atoms with van der Waals surface area (Å²) in [6.45, 7) is 0. The smallest absolute Gasteiger partial charge is 0.0988 e. The van der Waals surface area contributed by atoms with Crippen molar-refractivity contribution in [2.45, 2.75) is 24.9 Å². The molecule has 1 heterocycles. The molecule has 6 atom stereocenters. The van der Waals surface area contributed by atoms with E-state index < -0.39 is 0 Å². The molecule has 2 bridgehead atoms. The zero-order valence-electron chi connectivity index (χ0n) is 10.8. The summed E-state index contributed by atoms with van der Waals surface area (Å²) in [5.41, 5.74) is 1.20. The normalized spacial score (nSPS) is 44.9. The van der Waals surface area contributed by atoms with E-state index in [0.29, 0.717) is 12.1 Å². The molecule has 19 heavy (non-hydrogen) atoms. The molecule has 0 aromatic heterocycles. The summed E-state index contributed by atoms with van der Waals surface area (Å²) in [7, 11) is 0. The Balaban J connectivity index is 1.53. The van der Waals surface area contributed by atoms with Gasteiger partial charge < -0.3 is 0 Å². The largest absolute Gasteiger partial charge is 0.242 e. The van der Waals surface area contributed by atoms with E-state index in [2.05, 4.69) is 57.8 Å². The van der Waals surface area contributed by atoms with Crippen LogP contribution in [0.4, 0.5) is 5.69 Å². The first-order valence-corrected chi connectivity index (χ1v) is 7.35. The molecule has 1 aromatic rings. The molecule has 2 fully saturated rings. The maximum absolute atomic E-state index is 4.62. The third-order valence-corrected chi connectivity index (χ3v) is 5.66. The number of hydrogen-bond donors (Lipinski definition) is 0. The van der Waals surface area contributed by atoms with Gasteiger partial charge in [0.25, 0.3) is 0 Å². The molecule has 0 saturated heterocycles. The average Bonchev–Trinajstić information content (AvgIpc) is 3.17. The van der Waals surface area contributed by atoms with Gasteiger partial charge in [-0.2, -0.15) is 5.11 Å². The Morgan fingerprint density at radius 3 is 2.84 bits per heavy atom. The highest BCUT2D eigenvalue weighted by molar-refractivity contribution is 5.48. The summed E-state index contributed by atoms with van der Waals surface area (Å²) in [5, 5.41) is 11.3. The number of fused-ring (bicyclic) bond motifs is 8. The fourth-order valence-corrected chi connectivity index (χ4v) is 4.99. The molecule has 0 radical (unpaired) electrons. The first-order chi connectivity index (χ1) is 9.43. The second kappa shape index (κ2) is 3.47. The number of allylic oxidation sites excluding steroid dienone is 2. The fourth-order valence-electron chi connectivity index (χ4n) is 4.99. The fraction of sp³-hybridized carbons (Fsp3) is 0.500. The maximum atomic E-state index is 4.62. The van der Waals surface area contributed by atoms with Crippen LogP contribution in [-0.2, 0) is 0 Å². The topological polar surface area (TPSA) is 28.0 Å². The number of benzene rings is 1. The lowest BCUT2D eigenvalue weighted by Crippen LogP contribution is -2.44. The van der Waals surface area contributed by atoms with Crippen molar-refractivity contribution in [3.05, 3.63) is 42.5 Å². The Morgan fingerprint density at radius 1 is 1.05 bits per heavy atom. The molecule has 4 aliphatic rings. The van der Waals surface area contributed by atoms with Gasteiger partial charge in [0.15, 0.2) is 0 Å². The molecule has 0 N–H and O–H groups in total. The van der Waals surface area contributed by atoms with Crippen LogP contribution >= 0.6 is 0 Å². The summed E-state index contributed by atoms with van der Waals surface area (Å²) >= 11 is 0. The number of hydrogen-bond acceptors (Lipinski definition) is 3. The van der Waals surface area contributed by atoms with Crippen LogP contribution in [0.25, 0.3) is 0 Å². The molecule has 5 rings (SSSR count). The van der Waals surface area contributed by atoms with Gasteiger partial charge in [0.2, 0.25) is 0 Å². The highest BCUT2D eigenvalue weighted by Crippen LogP contribution is 2.60. The van der Waals surface area contributed by atoms with Crippen LogP contribution in [0.1, 0.15) is 12.8 Å². The highest BCUT2D eigenvalue weighted by atomic mass is 15.6. The molecular formula is C16H17N3. The highest BCUT2D eigenvalue weighted by Gasteiger charge is 2.61. The van der Waals surface area contributed by atoms with Crippen LogP contribution < -0.4 is 5.01 Å². The Hall–Kier alpha value is -1.64. The van der Waals surface area contributed by atoms with Gasteiger partial charge in [-0.25, -0.2) is 5.01 Å². The molecule has 3 aliphatic carbocycles. The first-order valence-electron chi connectivity index (χ1n) is 7.35. The predicted octanol–water partition coefficient (Wildman–Crippen LogP) is 3.45. The SMILES string of the molecule is C1=C[C@@H]2[C@H]3C[C@H]([C@H]2C1)[C@@H]1N=NN(c2ccccc2)[C@H]31. The van der Waals surface area contributed by atoms with E-state index in [1.165, 1.54) is 18.5 Å². The molecule has 2 saturated carbocycles. The molecule has 96 valence electrons. The van der Waals surface area contributed by atoms with Gasteiger partial charge in [0.1, 0.15) is 0 Å². The van der Waals surface area contributed by atoms with Crippen LogP contribution in [0.5, 0.6) is 0 Å². The molecule has 0 unspecified atom stereocenters. The zero-order valence-corrected chi connectivity index (χ0v) is 10.8. The van der Waals surface area contributed by atoms with Crippen LogP contribution in [0, 0.1) is 23.7 Å². The van der Waals surface area contributed by atoms with Gasteiger partial charge in [0, 0.05) is 0 Å². The summed E-state index contributed by atoms with van der Waals surface area (Å²) in [6, 6.07) is 11.5. The van der Waals surface area contributed by atoms with Gasteiger partial charge in [-0.1, -0.05) is 35.6 Å². The predicted molar refractivity (Wildman–Crippen MR) is 73.7 cm³/mol. The van der Waals surface area contributed by atoms with E-state index in [4.69, 9.17) is 0 Å². The Morgan fingerprint density at radius 2 is 1.95 bits per heavy atom. The van der Waals surface area contributed by atoms with E-state index in [1.807, 2.05) is 0 Å². The number of rotatable bonds is 1. The van der Waals surface area contributed by atoms with E-state index in [0.717, 1.165) is 23.7 Å². The van der Waals surface area contributed by atoms with E-state index in [9.17, 15) is 0 Å². The van der Waals surface area contributed by atoms with Crippen LogP contribution in [0.2, 0.25) is 0 Å². The zero-order chi connectivity index (χ0) is 12.4. The molecule has 3 heteroatoms.